The molecule has 0 bridgehead atoms. The third-order valence-electron chi connectivity index (χ3n) is 1.49. The molecule has 72 valence electrons. The minimum Gasteiger partial charge on any atom is -0.396 e. The van der Waals surface area contributed by atoms with Gasteiger partial charge in [0.1, 0.15) is 0 Å². The Morgan fingerprint density at radius 2 is 2.00 bits per heavy atom. The minimum atomic E-state index is 0.214. The number of rotatable bonds is 4. The Balaban J connectivity index is 2.53. The van der Waals surface area contributed by atoms with Crippen molar-refractivity contribution in [2.45, 2.75) is 5.75 Å². The van der Waals surface area contributed by atoms with Crippen LogP contribution in [0.3, 0.4) is 0 Å². The van der Waals surface area contributed by atoms with E-state index < -0.39 is 0 Å². The molecule has 0 atom stereocenters. The van der Waals surface area contributed by atoms with Gasteiger partial charge in [0.15, 0.2) is 0 Å². The molecule has 0 aromatic heterocycles. The van der Waals surface area contributed by atoms with Crippen LogP contribution in [0.1, 0.15) is 5.56 Å². The van der Waals surface area contributed by atoms with Crippen molar-refractivity contribution >= 4 is 35.0 Å². The van der Waals surface area contributed by atoms with Gasteiger partial charge in [-0.1, -0.05) is 29.3 Å². The van der Waals surface area contributed by atoms with Crippen molar-refractivity contribution in [3.8, 4) is 0 Å². The van der Waals surface area contributed by atoms with Gasteiger partial charge in [0.25, 0.3) is 0 Å². The SMILES string of the molecule is OCCSCc1ccc(Cl)c(Cl)c1. The topological polar surface area (TPSA) is 20.2 Å². The Morgan fingerprint density at radius 3 is 2.62 bits per heavy atom. The fraction of sp³-hybridized carbons (Fsp3) is 0.333. The maximum Gasteiger partial charge on any atom is 0.0595 e. The highest BCUT2D eigenvalue weighted by Crippen LogP contribution is 2.24. The Bertz CT molecular complexity index is 278. The van der Waals surface area contributed by atoms with E-state index in [1.165, 1.54) is 0 Å². The van der Waals surface area contributed by atoms with Gasteiger partial charge < -0.3 is 5.11 Å². The predicted octanol–water partition coefficient (Wildman–Crippen LogP) is 3.22. The summed E-state index contributed by atoms with van der Waals surface area (Å²) in [7, 11) is 0. The van der Waals surface area contributed by atoms with Gasteiger partial charge in [-0.15, -0.1) is 0 Å². The van der Waals surface area contributed by atoms with E-state index in [-0.39, 0.29) is 6.61 Å². The summed E-state index contributed by atoms with van der Waals surface area (Å²) < 4.78 is 0. The third kappa shape index (κ3) is 3.77. The Labute approximate surface area is 92.1 Å². The lowest BCUT2D eigenvalue weighted by atomic mass is 10.2. The van der Waals surface area contributed by atoms with Gasteiger partial charge in [-0.05, 0) is 17.7 Å². The van der Waals surface area contributed by atoms with Gasteiger partial charge in [-0.25, -0.2) is 0 Å². The molecule has 0 unspecified atom stereocenters. The van der Waals surface area contributed by atoms with E-state index in [0.717, 1.165) is 17.1 Å². The van der Waals surface area contributed by atoms with Crippen molar-refractivity contribution in [1.82, 2.24) is 0 Å². The Hall–Kier alpha value is 0.110. The van der Waals surface area contributed by atoms with Gasteiger partial charge >= 0.3 is 0 Å². The van der Waals surface area contributed by atoms with Gasteiger partial charge in [0.05, 0.1) is 16.7 Å². The molecule has 4 heteroatoms. The molecule has 0 saturated carbocycles. The zero-order chi connectivity index (χ0) is 9.68. The molecule has 0 aliphatic carbocycles. The smallest absolute Gasteiger partial charge is 0.0595 e. The highest BCUT2D eigenvalue weighted by Gasteiger charge is 1.99. The van der Waals surface area contributed by atoms with E-state index in [2.05, 4.69) is 0 Å². The quantitative estimate of drug-likeness (QED) is 0.811. The van der Waals surface area contributed by atoms with Crippen LogP contribution in [-0.2, 0) is 5.75 Å². The standard InChI is InChI=1S/C9H10Cl2OS/c10-8-2-1-7(5-9(8)11)6-13-4-3-12/h1-2,5,12H,3-4,6H2. The summed E-state index contributed by atoms with van der Waals surface area (Å²) in [4.78, 5) is 0. The maximum atomic E-state index is 8.57. The largest absolute Gasteiger partial charge is 0.396 e. The average molecular weight is 237 g/mol. The summed E-state index contributed by atoms with van der Waals surface area (Å²) in [5, 5.41) is 9.74. The Morgan fingerprint density at radius 1 is 1.23 bits per heavy atom. The molecule has 0 spiro atoms. The summed E-state index contributed by atoms with van der Waals surface area (Å²) in [6.07, 6.45) is 0. The van der Waals surface area contributed by atoms with Crippen molar-refractivity contribution in [3.63, 3.8) is 0 Å². The second-order valence-electron chi connectivity index (χ2n) is 2.52. The van der Waals surface area contributed by atoms with E-state index in [9.17, 15) is 0 Å². The second kappa shape index (κ2) is 5.76. The molecular formula is C9H10Cl2OS. The first-order valence-corrected chi connectivity index (χ1v) is 5.77. The van der Waals surface area contributed by atoms with Crippen LogP contribution in [0.2, 0.25) is 10.0 Å². The molecule has 13 heavy (non-hydrogen) atoms. The predicted molar refractivity (Wildman–Crippen MR) is 59.7 cm³/mol. The molecule has 1 nitrogen and oxygen atoms in total. The normalized spacial score (nSPS) is 10.4. The number of aliphatic hydroxyl groups is 1. The van der Waals surface area contributed by atoms with E-state index in [1.54, 1.807) is 17.8 Å². The highest BCUT2D eigenvalue weighted by atomic mass is 35.5. The molecule has 1 N–H and O–H groups in total. The van der Waals surface area contributed by atoms with Crippen molar-refractivity contribution in [3.05, 3.63) is 33.8 Å². The zero-order valence-corrected chi connectivity index (χ0v) is 9.29. The fourth-order valence-corrected chi connectivity index (χ4v) is 1.89. The van der Waals surface area contributed by atoms with Crippen LogP contribution in [0, 0.1) is 0 Å². The van der Waals surface area contributed by atoms with E-state index in [4.69, 9.17) is 28.3 Å². The molecule has 0 saturated heterocycles. The molecule has 0 amide bonds. The number of hydrogen-bond donors (Lipinski definition) is 1. The summed E-state index contributed by atoms with van der Waals surface area (Å²) in [5.41, 5.74) is 1.13. The number of hydrogen-bond acceptors (Lipinski definition) is 2. The minimum absolute atomic E-state index is 0.214. The number of thioether (sulfide) groups is 1. The van der Waals surface area contributed by atoms with Crippen LogP contribution in [0.15, 0.2) is 18.2 Å². The lowest BCUT2D eigenvalue weighted by Gasteiger charge is -2.01. The first-order chi connectivity index (χ1) is 6.24. The fourth-order valence-electron chi connectivity index (χ4n) is 0.884. The zero-order valence-electron chi connectivity index (χ0n) is 6.96. The van der Waals surface area contributed by atoms with Crippen molar-refractivity contribution < 1.29 is 5.11 Å². The first kappa shape index (κ1) is 11.2. The van der Waals surface area contributed by atoms with Gasteiger partial charge in [-0.2, -0.15) is 11.8 Å². The van der Waals surface area contributed by atoms with E-state index >= 15 is 0 Å². The van der Waals surface area contributed by atoms with Crippen LogP contribution < -0.4 is 0 Å². The van der Waals surface area contributed by atoms with Gasteiger partial charge in [0, 0.05) is 11.5 Å². The third-order valence-corrected chi connectivity index (χ3v) is 3.24. The van der Waals surface area contributed by atoms with Gasteiger partial charge in [0.2, 0.25) is 0 Å². The van der Waals surface area contributed by atoms with Crippen LogP contribution in [0.5, 0.6) is 0 Å². The molecule has 1 aromatic carbocycles. The summed E-state index contributed by atoms with van der Waals surface area (Å²) in [6.45, 7) is 0.214. The molecule has 1 rings (SSSR count). The van der Waals surface area contributed by atoms with Crippen LogP contribution in [0.25, 0.3) is 0 Å². The van der Waals surface area contributed by atoms with Crippen LogP contribution >= 0.6 is 35.0 Å². The summed E-state index contributed by atoms with van der Waals surface area (Å²) >= 11 is 13.3. The van der Waals surface area contributed by atoms with Crippen LogP contribution in [-0.4, -0.2) is 17.5 Å². The summed E-state index contributed by atoms with van der Waals surface area (Å²) in [5.74, 6) is 1.61. The number of benzene rings is 1. The van der Waals surface area contributed by atoms with Crippen molar-refractivity contribution in [1.29, 1.82) is 0 Å². The lowest BCUT2D eigenvalue weighted by molar-refractivity contribution is 0.322. The molecule has 0 fully saturated rings. The van der Waals surface area contributed by atoms with Crippen molar-refractivity contribution in [2.75, 3.05) is 12.4 Å². The summed E-state index contributed by atoms with van der Waals surface area (Å²) in [6, 6.07) is 5.59. The highest BCUT2D eigenvalue weighted by molar-refractivity contribution is 7.98. The molecule has 1 aromatic rings. The van der Waals surface area contributed by atoms with E-state index in [0.29, 0.717) is 10.0 Å². The molecule has 0 aliphatic rings. The lowest BCUT2D eigenvalue weighted by Crippen LogP contribution is -1.87. The average Bonchev–Trinajstić information content (AvgIpc) is 2.12. The van der Waals surface area contributed by atoms with Crippen LogP contribution in [0.4, 0.5) is 0 Å². The number of halogens is 2. The van der Waals surface area contributed by atoms with Gasteiger partial charge in [-0.3, -0.25) is 0 Å². The monoisotopic (exact) mass is 236 g/mol. The molecule has 0 heterocycles. The van der Waals surface area contributed by atoms with Crippen molar-refractivity contribution in [2.24, 2.45) is 0 Å². The first-order valence-electron chi connectivity index (χ1n) is 3.86. The molecule has 0 aliphatic heterocycles. The number of aliphatic hydroxyl groups excluding tert-OH is 1. The second-order valence-corrected chi connectivity index (χ2v) is 4.44. The molecular weight excluding hydrogens is 227 g/mol. The van der Waals surface area contributed by atoms with E-state index in [1.807, 2.05) is 12.1 Å². The maximum absolute atomic E-state index is 8.57. The Kier molecular flexibility index (Phi) is 4.96. The molecule has 0 radical (unpaired) electrons.